The quantitative estimate of drug-likeness (QED) is 0.598. The van der Waals surface area contributed by atoms with Gasteiger partial charge in [0.25, 0.3) is 0 Å². The van der Waals surface area contributed by atoms with Gasteiger partial charge in [-0.05, 0) is 26.0 Å². The molecule has 0 spiro atoms. The highest BCUT2D eigenvalue weighted by Crippen LogP contribution is 2.60. The predicted molar refractivity (Wildman–Crippen MR) is 84.2 cm³/mol. The van der Waals surface area contributed by atoms with Crippen molar-refractivity contribution in [2.75, 3.05) is 25.2 Å². The van der Waals surface area contributed by atoms with Gasteiger partial charge in [0.1, 0.15) is 11.1 Å². The molecule has 0 aromatic heterocycles. The minimum atomic E-state index is -3.59. The van der Waals surface area contributed by atoms with E-state index in [1.807, 2.05) is 42.3 Å². The molecule has 0 amide bonds. The van der Waals surface area contributed by atoms with Crippen LogP contribution >= 0.6 is 19.4 Å². The van der Waals surface area contributed by atoms with Crippen molar-refractivity contribution in [2.45, 2.75) is 18.7 Å². The highest BCUT2D eigenvalue weighted by molar-refractivity contribution is 8.04. The minimum absolute atomic E-state index is 0.0647. The zero-order valence-electron chi connectivity index (χ0n) is 12.2. The number of fused-ring (bicyclic) bond motifs is 1. The predicted octanol–water partition coefficient (Wildman–Crippen LogP) is 4.19. The summed E-state index contributed by atoms with van der Waals surface area (Å²) in [4.78, 5) is 2.87. The van der Waals surface area contributed by atoms with E-state index in [0.29, 0.717) is 5.03 Å². The number of hydrogen-bond acceptors (Lipinski definition) is 6. The van der Waals surface area contributed by atoms with Crippen molar-refractivity contribution in [1.82, 2.24) is 0 Å². The summed E-state index contributed by atoms with van der Waals surface area (Å²) in [6.07, 6.45) is 0. The van der Waals surface area contributed by atoms with Gasteiger partial charge in [0.2, 0.25) is 0 Å². The number of rotatable bonds is 5. The molecule has 0 unspecified atom stereocenters. The normalized spacial score (nSPS) is 16.6. The van der Waals surface area contributed by atoms with Crippen molar-refractivity contribution in [1.29, 1.82) is 5.26 Å². The van der Waals surface area contributed by atoms with Crippen molar-refractivity contribution in [3.05, 3.63) is 34.6 Å². The maximum Gasteiger partial charge on any atom is 0.374 e. The summed E-state index contributed by atoms with van der Waals surface area (Å²) in [5, 5.41) is 10.2. The monoisotopic (exact) mass is 324 g/mol. The fourth-order valence-electron chi connectivity index (χ4n) is 2.04. The van der Waals surface area contributed by atoms with Crippen LogP contribution in [0.4, 0.5) is 5.69 Å². The van der Waals surface area contributed by atoms with E-state index in [4.69, 9.17) is 9.05 Å². The second-order valence-electron chi connectivity index (χ2n) is 4.23. The van der Waals surface area contributed by atoms with Gasteiger partial charge in [0.15, 0.2) is 5.31 Å². The molecule has 0 saturated heterocycles. The molecule has 1 aromatic rings. The SMILES string of the molecule is CCOP(=O)(OCC)/C(C#N)=C1/Sc2ccccc2N1C. The molecule has 112 valence electrons. The molecule has 0 bridgehead atoms. The smallest absolute Gasteiger partial charge is 0.337 e. The molecule has 0 fully saturated rings. The summed E-state index contributed by atoms with van der Waals surface area (Å²) in [6.45, 7) is 3.89. The fraction of sp³-hybridized carbons (Fsp3) is 0.357. The van der Waals surface area contributed by atoms with Crippen molar-refractivity contribution in [3.8, 4) is 6.07 Å². The van der Waals surface area contributed by atoms with Gasteiger partial charge in [-0.1, -0.05) is 23.9 Å². The number of nitrogens with zero attached hydrogens (tertiary/aromatic N) is 2. The Balaban J connectivity index is 2.51. The molecule has 7 heteroatoms. The maximum atomic E-state index is 12.9. The van der Waals surface area contributed by atoms with E-state index >= 15 is 0 Å². The third kappa shape index (κ3) is 3.02. The van der Waals surface area contributed by atoms with Gasteiger partial charge in [-0.25, -0.2) is 0 Å². The molecule has 2 rings (SSSR count). The number of allylic oxidation sites excluding steroid dienone is 1. The van der Waals surface area contributed by atoms with Crippen molar-refractivity contribution in [2.24, 2.45) is 0 Å². The Morgan fingerprint density at radius 3 is 2.48 bits per heavy atom. The molecule has 1 aromatic carbocycles. The van der Waals surface area contributed by atoms with Gasteiger partial charge in [-0.15, -0.1) is 0 Å². The van der Waals surface area contributed by atoms with Gasteiger partial charge in [-0.3, -0.25) is 4.57 Å². The summed E-state index contributed by atoms with van der Waals surface area (Å²) in [5.74, 6) is 0. The second-order valence-corrected chi connectivity index (χ2v) is 7.22. The zero-order chi connectivity index (χ0) is 15.5. The lowest BCUT2D eigenvalue weighted by atomic mass is 10.3. The van der Waals surface area contributed by atoms with E-state index < -0.39 is 7.60 Å². The topological polar surface area (TPSA) is 62.6 Å². The minimum Gasteiger partial charge on any atom is -0.337 e. The van der Waals surface area contributed by atoms with Crippen molar-refractivity contribution < 1.29 is 13.6 Å². The first-order chi connectivity index (χ1) is 10.1. The number of anilines is 1. The number of benzene rings is 1. The molecule has 0 atom stereocenters. The first kappa shape index (κ1) is 16.1. The Morgan fingerprint density at radius 2 is 1.95 bits per heavy atom. The van der Waals surface area contributed by atoms with Gasteiger partial charge in [0, 0.05) is 11.9 Å². The molecule has 0 N–H and O–H groups in total. The van der Waals surface area contributed by atoms with Crippen molar-refractivity contribution >= 4 is 25.0 Å². The lowest BCUT2D eigenvalue weighted by Gasteiger charge is -2.20. The van der Waals surface area contributed by atoms with Crippen LogP contribution in [0.5, 0.6) is 0 Å². The molecule has 5 nitrogen and oxygen atoms in total. The molecule has 1 aliphatic rings. The van der Waals surface area contributed by atoms with Crippen molar-refractivity contribution in [3.63, 3.8) is 0 Å². The van der Waals surface area contributed by atoms with E-state index in [-0.39, 0.29) is 18.5 Å². The molecule has 1 aliphatic heterocycles. The fourth-order valence-corrected chi connectivity index (χ4v) is 5.08. The van der Waals surface area contributed by atoms with Gasteiger partial charge in [-0.2, -0.15) is 5.26 Å². The largest absolute Gasteiger partial charge is 0.374 e. The third-order valence-electron chi connectivity index (χ3n) is 2.92. The van der Waals surface area contributed by atoms with Crippen LogP contribution in [0.1, 0.15) is 13.8 Å². The Morgan fingerprint density at radius 1 is 1.33 bits per heavy atom. The van der Waals surface area contributed by atoms with Crippen LogP contribution in [0, 0.1) is 11.3 Å². The standard InChI is InChI=1S/C14H17N2O3PS/c1-4-18-20(17,19-5-2)12(10-15)14-16(3)11-8-6-7-9-13(11)21-14/h6-9H,4-5H2,1-3H3/b14-12+. The number of hydrogen-bond donors (Lipinski definition) is 0. The average molecular weight is 324 g/mol. The lowest BCUT2D eigenvalue weighted by molar-refractivity contribution is 0.227. The summed E-state index contributed by atoms with van der Waals surface area (Å²) in [6, 6.07) is 9.80. The lowest BCUT2D eigenvalue weighted by Crippen LogP contribution is -2.13. The molecule has 0 saturated carbocycles. The molecule has 1 heterocycles. The first-order valence-electron chi connectivity index (χ1n) is 6.62. The van der Waals surface area contributed by atoms with Crippen LogP contribution in [0.25, 0.3) is 0 Å². The van der Waals surface area contributed by atoms with E-state index in [1.54, 1.807) is 13.8 Å². The van der Waals surface area contributed by atoms with E-state index in [1.165, 1.54) is 11.8 Å². The van der Waals surface area contributed by atoms with Crippen LogP contribution in [0.2, 0.25) is 0 Å². The average Bonchev–Trinajstić information content (AvgIpc) is 2.78. The summed E-state index contributed by atoms with van der Waals surface area (Å²) in [7, 11) is -1.75. The van der Waals surface area contributed by atoms with Gasteiger partial charge in [0.05, 0.1) is 18.9 Å². The van der Waals surface area contributed by atoms with E-state index in [0.717, 1.165) is 10.6 Å². The Labute approximate surface area is 129 Å². The van der Waals surface area contributed by atoms with Crippen LogP contribution in [-0.4, -0.2) is 20.3 Å². The molecule has 0 aliphatic carbocycles. The van der Waals surface area contributed by atoms with Crippen LogP contribution in [-0.2, 0) is 13.6 Å². The number of thioether (sulfide) groups is 1. The van der Waals surface area contributed by atoms with Crippen LogP contribution in [0.15, 0.2) is 39.5 Å². The Kier molecular flexibility index (Phi) is 5.13. The van der Waals surface area contributed by atoms with Gasteiger partial charge < -0.3 is 13.9 Å². The van der Waals surface area contributed by atoms with Crippen LogP contribution in [0.3, 0.4) is 0 Å². The number of para-hydroxylation sites is 1. The summed E-state index contributed by atoms with van der Waals surface area (Å²) >= 11 is 1.41. The highest BCUT2D eigenvalue weighted by atomic mass is 32.2. The third-order valence-corrected chi connectivity index (χ3v) is 6.36. The molecule has 0 radical (unpaired) electrons. The highest BCUT2D eigenvalue weighted by Gasteiger charge is 2.37. The summed E-state index contributed by atoms with van der Waals surface area (Å²) < 4.78 is 23.5. The van der Waals surface area contributed by atoms with E-state index in [9.17, 15) is 9.83 Å². The second kappa shape index (κ2) is 6.67. The van der Waals surface area contributed by atoms with Gasteiger partial charge >= 0.3 is 7.60 Å². The van der Waals surface area contributed by atoms with E-state index in [2.05, 4.69) is 0 Å². The van der Waals surface area contributed by atoms with Crippen LogP contribution < -0.4 is 4.90 Å². The summed E-state index contributed by atoms with van der Waals surface area (Å²) in [5.41, 5.74) is 0.977. The zero-order valence-corrected chi connectivity index (χ0v) is 13.9. The first-order valence-corrected chi connectivity index (χ1v) is 8.98. The molecule has 21 heavy (non-hydrogen) atoms. The molecular formula is C14H17N2O3PS. The maximum absolute atomic E-state index is 12.9. The Bertz CT molecular complexity index is 644. The number of nitriles is 1. The Hall–Kier alpha value is -1.25. The molecular weight excluding hydrogens is 307 g/mol.